The molecule has 2 rings (SSSR count). The number of benzene rings is 1. The molecule has 1 aromatic heterocycles. The molecule has 0 saturated heterocycles. The van der Waals surface area contributed by atoms with Gasteiger partial charge in [0.05, 0.1) is 17.3 Å². The highest BCUT2D eigenvalue weighted by Gasteiger charge is 2.17. The van der Waals surface area contributed by atoms with Crippen molar-refractivity contribution in [3.63, 3.8) is 0 Å². The molecular formula is C19H24N4O4S2. The highest BCUT2D eigenvalue weighted by molar-refractivity contribution is 7.99. The van der Waals surface area contributed by atoms with Crippen LogP contribution in [0.15, 0.2) is 46.5 Å². The first-order valence-electron chi connectivity index (χ1n) is 8.75. The quantitative estimate of drug-likeness (QED) is 0.611. The first-order valence-corrected chi connectivity index (χ1v) is 11.2. The molecular weight excluding hydrogens is 412 g/mol. The number of rotatable bonds is 8. The number of pyridine rings is 1. The molecule has 1 heterocycles. The van der Waals surface area contributed by atoms with E-state index in [1.165, 1.54) is 26.4 Å². The van der Waals surface area contributed by atoms with Gasteiger partial charge in [-0.05, 0) is 43.2 Å². The molecule has 0 bridgehead atoms. The molecule has 8 nitrogen and oxygen atoms in total. The van der Waals surface area contributed by atoms with Gasteiger partial charge in [0.2, 0.25) is 21.8 Å². The van der Waals surface area contributed by atoms with E-state index in [9.17, 15) is 18.0 Å². The molecule has 0 aliphatic carbocycles. The minimum Gasteiger partial charge on any atom is -0.346 e. The van der Waals surface area contributed by atoms with E-state index in [4.69, 9.17) is 0 Å². The second-order valence-corrected chi connectivity index (χ2v) is 9.63. The molecule has 0 spiro atoms. The zero-order valence-electron chi connectivity index (χ0n) is 16.7. The minimum absolute atomic E-state index is 0.0591. The Bertz CT molecular complexity index is 990. The topological polar surface area (TPSA) is 108 Å². The summed E-state index contributed by atoms with van der Waals surface area (Å²) in [6, 6.07) is 8.61. The number of nitrogens with one attached hydrogen (secondary N) is 2. The Morgan fingerprint density at radius 1 is 1.10 bits per heavy atom. The van der Waals surface area contributed by atoms with Crippen molar-refractivity contribution in [2.24, 2.45) is 0 Å². The maximum atomic E-state index is 12.0. The number of aryl methyl sites for hydroxylation is 1. The first-order chi connectivity index (χ1) is 13.6. The van der Waals surface area contributed by atoms with Gasteiger partial charge in [-0.3, -0.25) is 9.59 Å². The number of hydrogen-bond acceptors (Lipinski definition) is 6. The van der Waals surface area contributed by atoms with Crippen molar-refractivity contribution < 1.29 is 18.0 Å². The molecule has 2 N–H and O–H groups in total. The van der Waals surface area contributed by atoms with Gasteiger partial charge in [-0.2, -0.15) is 0 Å². The summed E-state index contributed by atoms with van der Waals surface area (Å²) in [5.74, 6) is -0.574. The SMILES string of the molecule is Cc1cccc(NC(=O)CNC(=O)CSc2ccc(S(=O)(=O)N(C)C)cn2)c1C. The highest BCUT2D eigenvalue weighted by atomic mass is 32.2. The van der Waals surface area contributed by atoms with Crippen LogP contribution in [-0.4, -0.2) is 55.9 Å². The Morgan fingerprint density at radius 2 is 1.83 bits per heavy atom. The van der Waals surface area contributed by atoms with Crippen LogP contribution in [0.1, 0.15) is 11.1 Å². The van der Waals surface area contributed by atoms with Crippen LogP contribution in [0.2, 0.25) is 0 Å². The van der Waals surface area contributed by atoms with Crippen LogP contribution in [0.5, 0.6) is 0 Å². The molecule has 0 radical (unpaired) electrons. The third-order valence-corrected chi connectivity index (χ3v) is 6.91. The van der Waals surface area contributed by atoms with E-state index in [-0.39, 0.29) is 29.0 Å². The number of amides is 2. The molecule has 2 aromatic rings. The predicted molar refractivity (Wildman–Crippen MR) is 113 cm³/mol. The van der Waals surface area contributed by atoms with Crippen molar-refractivity contribution >= 4 is 39.3 Å². The molecule has 10 heteroatoms. The van der Waals surface area contributed by atoms with Gasteiger partial charge in [-0.15, -0.1) is 0 Å². The molecule has 0 aliphatic rings. The van der Waals surface area contributed by atoms with Crippen LogP contribution in [0, 0.1) is 13.8 Å². The zero-order chi connectivity index (χ0) is 21.6. The smallest absolute Gasteiger partial charge is 0.244 e. The van der Waals surface area contributed by atoms with Gasteiger partial charge in [0, 0.05) is 26.0 Å². The summed E-state index contributed by atoms with van der Waals surface area (Å²) in [5.41, 5.74) is 2.77. The van der Waals surface area contributed by atoms with Crippen LogP contribution in [0.25, 0.3) is 0 Å². The van der Waals surface area contributed by atoms with Crippen molar-refractivity contribution in [3.8, 4) is 0 Å². The fourth-order valence-corrected chi connectivity index (χ4v) is 3.79. The molecule has 29 heavy (non-hydrogen) atoms. The van der Waals surface area contributed by atoms with E-state index in [1.54, 1.807) is 6.07 Å². The molecule has 0 unspecified atom stereocenters. The molecule has 0 fully saturated rings. The fourth-order valence-electron chi connectivity index (χ4n) is 2.27. The number of carbonyl (C=O) groups is 2. The van der Waals surface area contributed by atoms with Crippen LogP contribution < -0.4 is 10.6 Å². The Labute approximate surface area is 175 Å². The molecule has 2 amide bonds. The van der Waals surface area contributed by atoms with E-state index in [0.29, 0.717) is 5.03 Å². The van der Waals surface area contributed by atoms with Gasteiger partial charge in [-0.1, -0.05) is 23.9 Å². The Hall–Kier alpha value is -2.43. The van der Waals surface area contributed by atoms with Crippen LogP contribution in [0.3, 0.4) is 0 Å². The predicted octanol–water partition coefficient (Wildman–Crippen LogP) is 1.80. The summed E-state index contributed by atoms with van der Waals surface area (Å²) in [7, 11) is -0.651. The third-order valence-electron chi connectivity index (χ3n) is 4.16. The molecule has 0 aliphatic heterocycles. The third kappa shape index (κ3) is 6.28. The lowest BCUT2D eigenvalue weighted by Crippen LogP contribution is -2.34. The molecule has 1 aromatic carbocycles. The molecule has 0 atom stereocenters. The van der Waals surface area contributed by atoms with Gasteiger partial charge < -0.3 is 10.6 Å². The Balaban J connectivity index is 1.81. The second kappa shape index (κ2) is 9.86. The van der Waals surface area contributed by atoms with E-state index >= 15 is 0 Å². The minimum atomic E-state index is -3.54. The van der Waals surface area contributed by atoms with Crippen molar-refractivity contribution in [3.05, 3.63) is 47.7 Å². The number of carbonyl (C=O) groups excluding carboxylic acids is 2. The van der Waals surface area contributed by atoms with Gasteiger partial charge in [-0.25, -0.2) is 17.7 Å². The number of thioether (sulfide) groups is 1. The summed E-state index contributed by atoms with van der Waals surface area (Å²) in [6.07, 6.45) is 1.26. The lowest BCUT2D eigenvalue weighted by Gasteiger charge is -2.11. The van der Waals surface area contributed by atoms with Gasteiger partial charge in [0.25, 0.3) is 0 Å². The lowest BCUT2D eigenvalue weighted by atomic mass is 10.1. The van der Waals surface area contributed by atoms with Crippen molar-refractivity contribution in [1.82, 2.24) is 14.6 Å². The lowest BCUT2D eigenvalue weighted by molar-refractivity contribution is -0.122. The van der Waals surface area contributed by atoms with Crippen LogP contribution in [0.4, 0.5) is 5.69 Å². The van der Waals surface area contributed by atoms with Crippen molar-refractivity contribution in [1.29, 1.82) is 0 Å². The Kier molecular flexibility index (Phi) is 7.77. The maximum absolute atomic E-state index is 12.0. The standard InChI is InChI=1S/C19H24N4O4S2/c1-13-6-5-7-16(14(13)2)22-17(24)11-20-18(25)12-28-19-9-8-15(10-21-19)29(26,27)23(3)4/h5-10H,11-12H2,1-4H3,(H,20,25)(H,22,24). The van der Waals surface area contributed by atoms with E-state index in [2.05, 4.69) is 15.6 Å². The number of nitrogens with zero attached hydrogens (tertiary/aromatic N) is 2. The van der Waals surface area contributed by atoms with E-state index in [1.807, 2.05) is 32.0 Å². The zero-order valence-corrected chi connectivity index (χ0v) is 18.4. The maximum Gasteiger partial charge on any atom is 0.244 e. The first kappa shape index (κ1) is 22.9. The number of anilines is 1. The largest absolute Gasteiger partial charge is 0.346 e. The number of hydrogen-bond donors (Lipinski definition) is 2. The average Bonchev–Trinajstić information content (AvgIpc) is 2.68. The molecule has 0 saturated carbocycles. The van der Waals surface area contributed by atoms with E-state index in [0.717, 1.165) is 32.9 Å². The summed E-state index contributed by atoms with van der Waals surface area (Å²) in [4.78, 5) is 28.2. The van der Waals surface area contributed by atoms with Crippen molar-refractivity contribution in [2.45, 2.75) is 23.8 Å². The Morgan fingerprint density at radius 3 is 2.45 bits per heavy atom. The van der Waals surface area contributed by atoms with E-state index < -0.39 is 10.0 Å². The van der Waals surface area contributed by atoms with Crippen molar-refractivity contribution in [2.75, 3.05) is 31.7 Å². The van der Waals surface area contributed by atoms with Gasteiger partial charge in [0.1, 0.15) is 4.90 Å². The second-order valence-electron chi connectivity index (χ2n) is 6.48. The summed E-state index contributed by atoms with van der Waals surface area (Å²) in [6.45, 7) is 3.74. The average molecular weight is 437 g/mol. The fraction of sp³-hybridized carbons (Fsp3) is 0.316. The highest BCUT2D eigenvalue weighted by Crippen LogP contribution is 2.19. The summed E-state index contributed by atoms with van der Waals surface area (Å²) < 4.78 is 25.1. The van der Waals surface area contributed by atoms with Gasteiger partial charge >= 0.3 is 0 Å². The van der Waals surface area contributed by atoms with Crippen LogP contribution >= 0.6 is 11.8 Å². The summed E-state index contributed by atoms with van der Waals surface area (Å²) >= 11 is 1.15. The number of sulfonamides is 1. The normalized spacial score (nSPS) is 11.3. The van der Waals surface area contributed by atoms with Gasteiger partial charge in [0.15, 0.2) is 0 Å². The summed E-state index contributed by atoms with van der Waals surface area (Å²) in [5, 5.41) is 5.84. The monoisotopic (exact) mass is 436 g/mol. The van der Waals surface area contributed by atoms with Crippen LogP contribution in [-0.2, 0) is 19.6 Å². The molecule has 156 valence electrons. The number of aromatic nitrogens is 1.